The molecule has 4 atom stereocenters. The molecule has 1 saturated carbocycles. The summed E-state index contributed by atoms with van der Waals surface area (Å²) in [5.74, 6) is 1.84. The standard InChI is InChI=1S/C20H27NO2/c1-3-4-14-9-16(23)12-20-7-8-21(2)18(19(14)20)10-13-5-6-15(22)11-17(13)20/h5-6,11,14,18-19,22H,3-4,7-10,12H2,1-2H3/t14-,18?,19-,20?/m1/s1. The van der Waals surface area contributed by atoms with Crippen LogP contribution in [0, 0.1) is 11.8 Å². The maximum absolute atomic E-state index is 12.6. The van der Waals surface area contributed by atoms with Crippen molar-refractivity contribution >= 4 is 5.78 Å². The van der Waals surface area contributed by atoms with E-state index in [0.717, 1.165) is 38.6 Å². The molecule has 0 radical (unpaired) electrons. The van der Waals surface area contributed by atoms with Crippen LogP contribution < -0.4 is 0 Å². The van der Waals surface area contributed by atoms with Crippen LogP contribution in [0.3, 0.4) is 0 Å². The van der Waals surface area contributed by atoms with E-state index in [2.05, 4.69) is 24.9 Å². The van der Waals surface area contributed by atoms with Gasteiger partial charge >= 0.3 is 0 Å². The van der Waals surface area contributed by atoms with E-state index >= 15 is 0 Å². The highest BCUT2D eigenvalue weighted by atomic mass is 16.3. The zero-order chi connectivity index (χ0) is 16.2. The molecule has 1 N–H and O–H groups in total. The Hall–Kier alpha value is -1.35. The number of likely N-dealkylation sites (N-methyl/N-ethyl adjacent to an activating group) is 1. The van der Waals surface area contributed by atoms with Crippen molar-refractivity contribution < 1.29 is 9.90 Å². The summed E-state index contributed by atoms with van der Waals surface area (Å²) >= 11 is 0. The third-order valence-electron chi connectivity index (χ3n) is 6.76. The number of nitrogens with zero attached hydrogens (tertiary/aromatic N) is 1. The first-order valence-electron chi connectivity index (χ1n) is 9.09. The molecule has 1 saturated heterocycles. The van der Waals surface area contributed by atoms with E-state index in [1.54, 1.807) is 6.07 Å². The van der Waals surface area contributed by atoms with Crippen molar-refractivity contribution in [2.45, 2.75) is 56.9 Å². The summed E-state index contributed by atoms with van der Waals surface area (Å²) in [6.45, 7) is 3.29. The van der Waals surface area contributed by atoms with Crippen LogP contribution in [0.2, 0.25) is 0 Å². The van der Waals surface area contributed by atoms with Gasteiger partial charge in [-0.3, -0.25) is 4.79 Å². The second-order valence-corrected chi connectivity index (χ2v) is 7.99. The molecule has 2 aliphatic carbocycles. The van der Waals surface area contributed by atoms with Crippen LogP contribution >= 0.6 is 0 Å². The molecule has 124 valence electrons. The van der Waals surface area contributed by atoms with Crippen molar-refractivity contribution in [2.75, 3.05) is 13.6 Å². The van der Waals surface area contributed by atoms with Crippen molar-refractivity contribution in [2.24, 2.45) is 11.8 Å². The number of Topliss-reactive ketones (excluding diaryl/α,β-unsaturated/α-hetero) is 1. The first kappa shape index (κ1) is 15.2. The van der Waals surface area contributed by atoms with E-state index in [1.165, 1.54) is 11.1 Å². The van der Waals surface area contributed by atoms with Crippen LogP contribution in [-0.4, -0.2) is 35.4 Å². The van der Waals surface area contributed by atoms with Crippen LogP contribution in [0.5, 0.6) is 5.75 Å². The summed E-state index contributed by atoms with van der Waals surface area (Å²) < 4.78 is 0. The molecule has 3 heteroatoms. The Morgan fingerprint density at radius 3 is 2.96 bits per heavy atom. The van der Waals surface area contributed by atoms with Gasteiger partial charge in [-0.2, -0.15) is 0 Å². The number of phenols is 1. The number of benzene rings is 1. The summed E-state index contributed by atoms with van der Waals surface area (Å²) in [4.78, 5) is 15.1. The van der Waals surface area contributed by atoms with Crippen LogP contribution in [0.25, 0.3) is 0 Å². The van der Waals surface area contributed by atoms with Crippen molar-refractivity contribution in [3.05, 3.63) is 29.3 Å². The molecule has 1 aromatic rings. The number of aromatic hydroxyl groups is 1. The Labute approximate surface area is 138 Å². The predicted octanol–water partition coefficient (Wildman–Crippen LogP) is 3.29. The smallest absolute Gasteiger partial charge is 0.134 e. The van der Waals surface area contributed by atoms with Crippen molar-refractivity contribution in [1.82, 2.24) is 4.90 Å². The summed E-state index contributed by atoms with van der Waals surface area (Å²) in [7, 11) is 2.25. The summed E-state index contributed by atoms with van der Waals surface area (Å²) in [6.07, 6.45) is 5.85. The molecule has 2 fully saturated rings. The Balaban J connectivity index is 1.89. The normalized spacial score (nSPS) is 36.4. The first-order valence-corrected chi connectivity index (χ1v) is 9.09. The molecule has 2 bridgehead atoms. The number of phenolic OH excluding ortho intramolecular Hbond substituents is 1. The molecule has 23 heavy (non-hydrogen) atoms. The van der Waals surface area contributed by atoms with Gasteiger partial charge in [0, 0.05) is 24.3 Å². The van der Waals surface area contributed by atoms with Gasteiger partial charge in [0.15, 0.2) is 0 Å². The highest BCUT2D eigenvalue weighted by Crippen LogP contribution is 2.57. The van der Waals surface area contributed by atoms with Gasteiger partial charge in [-0.25, -0.2) is 0 Å². The van der Waals surface area contributed by atoms with Crippen LogP contribution in [0.15, 0.2) is 18.2 Å². The van der Waals surface area contributed by atoms with E-state index < -0.39 is 0 Å². The molecular weight excluding hydrogens is 286 g/mol. The number of likely N-dealkylation sites (tertiary alicyclic amines) is 1. The summed E-state index contributed by atoms with van der Waals surface area (Å²) in [5.41, 5.74) is 2.60. The second-order valence-electron chi connectivity index (χ2n) is 7.99. The molecular formula is C20H27NO2. The largest absolute Gasteiger partial charge is 0.508 e. The minimum Gasteiger partial charge on any atom is -0.508 e. The Morgan fingerprint density at radius 2 is 2.17 bits per heavy atom. The van der Waals surface area contributed by atoms with E-state index in [9.17, 15) is 9.90 Å². The van der Waals surface area contributed by atoms with E-state index in [1.807, 2.05) is 6.07 Å². The lowest BCUT2D eigenvalue weighted by molar-refractivity contribution is -0.131. The van der Waals surface area contributed by atoms with E-state index in [4.69, 9.17) is 0 Å². The molecule has 4 rings (SSSR count). The SMILES string of the molecule is CCC[C@@H]1CC(=O)CC23CCN(C)C(Cc4ccc(O)cc42)[C@@H]13. The first-order chi connectivity index (χ1) is 11.0. The average molecular weight is 313 g/mol. The molecule has 0 spiro atoms. The average Bonchev–Trinajstić information content (AvgIpc) is 2.51. The number of hydrogen-bond acceptors (Lipinski definition) is 3. The fourth-order valence-electron chi connectivity index (χ4n) is 5.94. The third kappa shape index (κ3) is 2.16. The fraction of sp³-hybridized carbons (Fsp3) is 0.650. The monoisotopic (exact) mass is 313 g/mol. The number of ketones is 1. The lowest BCUT2D eigenvalue weighted by Gasteiger charge is -2.60. The minimum absolute atomic E-state index is 0.0291. The number of carbonyl (C=O) groups is 1. The van der Waals surface area contributed by atoms with Crippen LogP contribution in [-0.2, 0) is 16.6 Å². The molecule has 0 amide bonds. The lowest BCUT2D eigenvalue weighted by atomic mass is 9.49. The van der Waals surface area contributed by atoms with Crippen LogP contribution in [0.4, 0.5) is 0 Å². The molecule has 1 aromatic carbocycles. The predicted molar refractivity (Wildman–Crippen MR) is 90.7 cm³/mol. The van der Waals surface area contributed by atoms with Crippen molar-refractivity contribution in [1.29, 1.82) is 0 Å². The van der Waals surface area contributed by atoms with Crippen molar-refractivity contribution in [3.8, 4) is 5.75 Å². The van der Waals surface area contributed by atoms with Crippen LogP contribution in [0.1, 0.15) is 50.2 Å². The molecule has 2 unspecified atom stereocenters. The topological polar surface area (TPSA) is 40.5 Å². The Kier molecular flexibility index (Phi) is 3.53. The Bertz CT molecular complexity index is 641. The third-order valence-corrected chi connectivity index (χ3v) is 6.76. The number of rotatable bonds is 2. The number of piperidine rings is 1. The maximum atomic E-state index is 12.6. The van der Waals surface area contributed by atoms with Gasteiger partial charge in [0.05, 0.1) is 0 Å². The Morgan fingerprint density at radius 1 is 1.35 bits per heavy atom. The molecule has 1 aliphatic heterocycles. The van der Waals surface area contributed by atoms with Gasteiger partial charge in [-0.1, -0.05) is 19.4 Å². The quantitative estimate of drug-likeness (QED) is 0.911. The fourth-order valence-corrected chi connectivity index (χ4v) is 5.94. The molecule has 3 nitrogen and oxygen atoms in total. The van der Waals surface area contributed by atoms with Crippen molar-refractivity contribution in [3.63, 3.8) is 0 Å². The summed E-state index contributed by atoms with van der Waals surface area (Å²) in [5, 5.41) is 10.1. The molecule has 0 aromatic heterocycles. The van der Waals surface area contributed by atoms with E-state index in [0.29, 0.717) is 35.8 Å². The molecule has 1 heterocycles. The van der Waals surface area contributed by atoms with Gasteiger partial charge in [-0.05, 0) is 68.0 Å². The van der Waals surface area contributed by atoms with Gasteiger partial charge in [0.2, 0.25) is 0 Å². The second kappa shape index (κ2) is 5.34. The number of hydrogen-bond donors (Lipinski definition) is 1. The van der Waals surface area contributed by atoms with Gasteiger partial charge in [-0.15, -0.1) is 0 Å². The highest BCUT2D eigenvalue weighted by molar-refractivity contribution is 5.82. The highest BCUT2D eigenvalue weighted by Gasteiger charge is 2.57. The number of fused-ring (bicyclic) bond motifs is 1. The maximum Gasteiger partial charge on any atom is 0.134 e. The summed E-state index contributed by atoms with van der Waals surface area (Å²) in [6, 6.07) is 6.40. The number of carbonyl (C=O) groups excluding carboxylic acids is 1. The van der Waals surface area contributed by atoms with Gasteiger partial charge in [0.25, 0.3) is 0 Å². The zero-order valence-corrected chi connectivity index (χ0v) is 14.2. The molecule has 3 aliphatic rings. The lowest BCUT2D eigenvalue weighted by Crippen LogP contribution is -2.63. The zero-order valence-electron chi connectivity index (χ0n) is 14.2. The van der Waals surface area contributed by atoms with Gasteiger partial charge < -0.3 is 10.0 Å². The van der Waals surface area contributed by atoms with Gasteiger partial charge in [0.1, 0.15) is 11.5 Å². The minimum atomic E-state index is -0.0291. The van der Waals surface area contributed by atoms with E-state index in [-0.39, 0.29) is 5.41 Å².